The number of halogens is 8. The van der Waals surface area contributed by atoms with Crippen LogP contribution in [0, 0.1) is 13.8 Å². The van der Waals surface area contributed by atoms with Gasteiger partial charge in [0.05, 0.1) is 32.6 Å². The molecule has 0 atom stereocenters. The molecule has 298 valence electrons. The predicted molar refractivity (Wildman–Crippen MR) is 210 cm³/mol. The zero-order valence-electron chi connectivity index (χ0n) is 29.5. The Hall–Kier alpha value is -5.82. The average Bonchev–Trinajstić information content (AvgIpc) is 3.67. The fourth-order valence-corrected chi connectivity index (χ4v) is 6.68. The number of nitrogens with zero attached hydrogens (tertiary/aromatic N) is 4. The van der Waals surface area contributed by atoms with Crippen molar-refractivity contribution in [3.8, 4) is 23.0 Å². The molecule has 58 heavy (non-hydrogen) atoms. The maximum atomic E-state index is 13.8. The number of hydrogen-bond acceptors (Lipinski definition) is 10. The highest BCUT2D eigenvalue weighted by Crippen LogP contribution is 2.34. The first-order chi connectivity index (χ1) is 27.5. The first-order valence-corrected chi connectivity index (χ1v) is 18.7. The topological polar surface area (TPSA) is 127 Å². The average molecular weight is 878 g/mol. The molecule has 0 aliphatic heterocycles. The van der Waals surface area contributed by atoms with E-state index in [0.29, 0.717) is 11.4 Å². The summed E-state index contributed by atoms with van der Waals surface area (Å²) in [6.45, 7) is 3.29. The lowest BCUT2D eigenvalue weighted by atomic mass is 10.1. The van der Waals surface area contributed by atoms with Crippen LogP contribution in [-0.4, -0.2) is 32.0 Å². The number of carbonyl (C=O) groups is 2. The summed E-state index contributed by atoms with van der Waals surface area (Å²) in [5.41, 5.74) is -1.02. The van der Waals surface area contributed by atoms with Gasteiger partial charge < -0.3 is 20.1 Å². The van der Waals surface area contributed by atoms with E-state index in [4.69, 9.17) is 32.7 Å². The van der Waals surface area contributed by atoms with Gasteiger partial charge in [0, 0.05) is 11.1 Å². The molecule has 0 unspecified atom stereocenters. The smallest absolute Gasteiger partial charge is 0.416 e. The third-order valence-electron chi connectivity index (χ3n) is 7.81. The second kappa shape index (κ2) is 17.4. The number of ether oxygens (including phenoxy) is 2. The van der Waals surface area contributed by atoms with E-state index in [1.165, 1.54) is 48.5 Å². The van der Waals surface area contributed by atoms with Gasteiger partial charge in [0.1, 0.15) is 33.0 Å². The largest absolute Gasteiger partial charge is 0.457 e. The van der Waals surface area contributed by atoms with Crippen LogP contribution in [0.25, 0.3) is 0 Å². The molecule has 2 N–H and O–H groups in total. The molecular formula is C38H24Cl2F6N6O4S2. The maximum Gasteiger partial charge on any atom is 0.416 e. The van der Waals surface area contributed by atoms with Crippen LogP contribution >= 0.6 is 46.3 Å². The summed E-state index contributed by atoms with van der Waals surface area (Å²) in [4.78, 5) is 27.6. The minimum absolute atomic E-state index is 0.120. The highest BCUT2D eigenvalue weighted by Gasteiger charge is 2.31. The number of aromatic nitrogens is 2. The third kappa shape index (κ3) is 10.2. The molecule has 0 aliphatic carbocycles. The molecule has 0 saturated carbocycles. The van der Waals surface area contributed by atoms with Crippen molar-refractivity contribution in [2.45, 2.75) is 26.2 Å². The Balaban J connectivity index is 1.35. The van der Waals surface area contributed by atoms with Crippen LogP contribution in [0.15, 0.2) is 107 Å². The lowest BCUT2D eigenvalue weighted by Crippen LogP contribution is -2.25. The molecule has 6 rings (SSSR count). The molecule has 10 nitrogen and oxygen atoms in total. The van der Waals surface area contributed by atoms with E-state index >= 15 is 0 Å². The van der Waals surface area contributed by atoms with Gasteiger partial charge in [-0.2, -0.15) is 35.1 Å². The predicted octanol–water partition coefficient (Wildman–Crippen LogP) is 11.6. The van der Waals surface area contributed by atoms with Gasteiger partial charge in [0.2, 0.25) is 0 Å². The van der Waals surface area contributed by atoms with Crippen LogP contribution in [-0.2, 0) is 21.9 Å². The Morgan fingerprint density at radius 3 is 1.10 bits per heavy atom. The number of nitrogens with one attached hydrogen (secondary N) is 2. The number of hydrogen-bond donors (Lipinski definition) is 2. The molecule has 20 heteroatoms. The molecule has 0 saturated heterocycles. The van der Waals surface area contributed by atoms with Crippen LogP contribution in [0.4, 0.5) is 36.3 Å². The van der Waals surface area contributed by atoms with E-state index in [9.17, 15) is 35.9 Å². The highest BCUT2D eigenvalue weighted by atomic mass is 35.5. The monoisotopic (exact) mass is 876 g/mol. The van der Waals surface area contributed by atoms with Crippen molar-refractivity contribution < 1.29 is 45.4 Å². The minimum atomic E-state index is -4.52. The second-order valence-electron chi connectivity index (χ2n) is 11.9. The molecule has 0 fully saturated rings. The van der Waals surface area contributed by atoms with Crippen LogP contribution in [0.2, 0.25) is 10.0 Å². The van der Waals surface area contributed by atoms with Gasteiger partial charge in [-0.3, -0.25) is 9.59 Å². The number of carbonyl (C=O) groups excluding carboxylic acids is 2. The van der Waals surface area contributed by atoms with Crippen molar-refractivity contribution in [1.29, 1.82) is 0 Å². The highest BCUT2D eigenvalue weighted by molar-refractivity contribution is 7.11. The summed E-state index contributed by atoms with van der Waals surface area (Å²) in [6.07, 6.45) is -9.05. The number of rotatable bonds is 11. The van der Waals surface area contributed by atoms with E-state index in [1.54, 1.807) is 13.8 Å². The number of amides is 2. The lowest BCUT2D eigenvalue weighted by Gasteiger charge is -2.11. The quantitative estimate of drug-likeness (QED) is 0.0758. The van der Waals surface area contributed by atoms with E-state index in [-0.39, 0.29) is 65.6 Å². The summed E-state index contributed by atoms with van der Waals surface area (Å²) >= 11 is 14.5. The molecule has 0 bridgehead atoms. The summed E-state index contributed by atoms with van der Waals surface area (Å²) < 4.78 is 97.8. The molecule has 0 radical (unpaired) electrons. The summed E-state index contributed by atoms with van der Waals surface area (Å²) in [7, 11) is 0. The van der Waals surface area contributed by atoms with Crippen molar-refractivity contribution in [3.05, 3.63) is 141 Å². The normalized spacial score (nSPS) is 12.3. The Bertz CT molecular complexity index is 2330. The van der Waals surface area contributed by atoms with Crippen molar-refractivity contribution in [1.82, 2.24) is 8.75 Å². The first-order valence-electron chi connectivity index (χ1n) is 16.4. The number of alkyl halides is 6. The van der Waals surface area contributed by atoms with Crippen LogP contribution in [0.1, 0.15) is 33.6 Å². The standard InChI is InChI=1S/C38H24Cl2F6N6O4S2/c1-19-29(39)35(57-51-19)47-33(53)31(21-3-11-25(12-4-21)55-27-15-7-23(8-16-27)37(41,42)43)49-50-32(34(54)48-36-30(40)20(2)52-58-36)22-5-13-26(14-6-22)56-28-17-9-24(10-18-28)38(44,45)46/h3-18H,1-2H3,(H,47,53)(H,48,54)/b49-31+,50-32+. The first kappa shape index (κ1) is 41.8. The molecule has 2 aromatic heterocycles. The second-order valence-corrected chi connectivity index (χ2v) is 14.2. The van der Waals surface area contributed by atoms with Gasteiger partial charge in [0.15, 0.2) is 11.4 Å². The Kier molecular flexibility index (Phi) is 12.5. The van der Waals surface area contributed by atoms with E-state index < -0.39 is 35.3 Å². The maximum absolute atomic E-state index is 13.8. The number of anilines is 2. The number of benzene rings is 4. The van der Waals surface area contributed by atoms with E-state index in [1.807, 2.05) is 0 Å². The molecule has 2 amide bonds. The molecular weight excluding hydrogens is 853 g/mol. The minimum Gasteiger partial charge on any atom is -0.457 e. The van der Waals surface area contributed by atoms with Crippen LogP contribution in [0.3, 0.4) is 0 Å². The third-order valence-corrected chi connectivity index (χ3v) is 10.7. The zero-order valence-corrected chi connectivity index (χ0v) is 32.6. The number of aryl methyl sites for hydroxylation is 2. The fourth-order valence-electron chi connectivity index (χ4n) is 4.82. The summed E-state index contributed by atoms with van der Waals surface area (Å²) in [5.74, 6) is -0.935. The Labute approximate surface area is 343 Å². The van der Waals surface area contributed by atoms with Crippen LogP contribution < -0.4 is 20.1 Å². The molecule has 4 aromatic carbocycles. The Morgan fingerprint density at radius 2 is 0.845 bits per heavy atom. The van der Waals surface area contributed by atoms with Gasteiger partial charge in [-0.25, -0.2) is 0 Å². The van der Waals surface area contributed by atoms with Crippen LogP contribution in [0.5, 0.6) is 23.0 Å². The van der Waals surface area contributed by atoms with Gasteiger partial charge in [-0.05, 0) is 134 Å². The Morgan fingerprint density at radius 1 is 0.552 bits per heavy atom. The van der Waals surface area contributed by atoms with E-state index in [2.05, 4.69) is 29.6 Å². The van der Waals surface area contributed by atoms with Gasteiger partial charge in [-0.1, -0.05) is 23.2 Å². The van der Waals surface area contributed by atoms with E-state index in [0.717, 1.165) is 71.6 Å². The lowest BCUT2D eigenvalue weighted by molar-refractivity contribution is -0.138. The zero-order chi connectivity index (χ0) is 41.8. The molecule has 0 spiro atoms. The van der Waals surface area contributed by atoms with Crippen molar-refractivity contribution in [2.75, 3.05) is 10.6 Å². The van der Waals surface area contributed by atoms with Gasteiger partial charge in [0.25, 0.3) is 11.8 Å². The van der Waals surface area contributed by atoms with Crippen molar-refractivity contribution in [2.24, 2.45) is 10.2 Å². The van der Waals surface area contributed by atoms with Crippen molar-refractivity contribution in [3.63, 3.8) is 0 Å². The van der Waals surface area contributed by atoms with Gasteiger partial charge >= 0.3 is 12.4 Å². The summed E-state index contributed by atoms with van der Waals surface area (Å²) in [6, 6.07) is 19.7. The van der Waals surface area contributed by atoms with Crippen molar-refractivity contribution >= 4 is 79.5 Å². The molecule has 2 heterocycles. The SMILES string of the molecule is Cc1nsc(NC(=O)/C(=N/N=C(/C(=O)Nc2snc(C)c2Cl)c2ccc(Oc3ccc(C(F)(F)F)cc3)cc2)c2ccc(Oc3ccc(C(F)(F)F)cc3)cc2)c1Cl. The molecule has 0 aliphatic rings. The fraction of sp³-hybridized carbons (Fsp3) is 0.105. The summed E-state index contributed by atoms with van der Waals surface area (Å²) in [5, 5.41) is 14.5. The van der Waals surface area contributed by atoms with Gasteiger partial charge in [-0.15, -0.1) is 10.2 Å². The molecule has 6 aromatic rings.